The lowest BCUT2D eigenvalue weighted by Crippen LogP contribution is -2.13. The minimum absolute atomic E-state index is 0.0703. The van der Waals surface area contributed by atoms with E-state index in [-0.39, 0.29) is 11.7 Å². The number of phenolic OH excluding ortho intramolecular Hbond substituents is 1. The van der Waals surface area contributed by atoms with Crippen molar-refractivity contribution in [3.05, 3.63) is 28.8 Å². The summed E-state index contributed by atoms with van der Waals surface area (Å²) >= 11 is 0. The standard InChI is InChI=1S/C12H16O4/c1-6(2)10-7(3)8(4-5-9(10)13)11(14)12(15)16/h4-6,11,13-14H,1-3H3,(H,15,16)/t11-/m1/s1. The number of aliphatic hydroxyl groups is 1. The predicted molar refractivity (Wildman–Crippen MR) is 59.5 cm³/mol. The van der Waals surface area contributed by atoms with Gasteiger partial charge in [-0.1, -0.05) is 19.9 Å². The van der Waals surface area contributed by atoms with Gasteiger partial charge in [0, 0.05) is 0 Å². The molecular weight excluding hydrogens is 208 g/mol. The van der Waals surface area contributed by atoms with Crippen LogP contribution in [0.15, 0.2) is 12.1 Å². The predicted octanol–water partition coefficient (Wildman–Crippen LogP) is 1.94. The lowest BCUT2D eigenvalue weighted by Gasteiger charge is -2.17. The molecule has 0 aliphatic heterocycles. The van der Waals surface area contributed by atoms with Crippen molar-refractivity contribution in [2.24, 2.45) is 0 Å². The third-order valence-corrected chi connectivity index (χ3v) is 2.64. The molecule has 0 aliphatic carbocycles. The van der Waals surface area contributed by atoms with E-state index in [4.69, 9.17) is 5.11 Å². The third-order valence-electron chi connectivity index (χ3n) is 2.64. The molecule has 0 aromatic heterocycles. The number of phenols is 1. The zero-order valence-electron chi connectivity index (χ0n) is 9.56. The van der Waals surface area contributed by atoms with Crippen LogP contribution in [0.4, 0.5) is 0 Å². The van der Waals surface area contributed by atoms with Crippen molar-refractivity contribution in [2.75, 3.05) is 0 Å². The molecule has 0 saturated carbocycles. The molecule has 1 atom stereocenters. The van der Waals surface area contributed by atoms with Crippen molar-refractivity contribution in [2.45, 2.75) is 32.8 Å². The zero-order valence-corrected chi connectivity index (χ0v) is 9.56. The van der Waals surface area contributed by atoms with Crippen LogP contribution >= 0.6 is 0 Å². The molecule has 0 fully saturated rings. The van der Waals surface area contributed by atoms with Gasteiger partial charge in [0.15, 0.2) is 6.10 Å². The van der Waals surface area contributed by atoms with Gasteiger partial charge in [0.05, 0.1) is 0 Å². The van der Waals surface area contributed by atoms with Crippen molar-refractivity contribution in [1.82, 2.24) is 0 Å². The topological polar surface area (TPSA) is 77.8 Å². The number of carboxylic acid groups (broad SMARTS) is 1. The highest BCUT2D eigenvalue weighted by Crippen LogP contribution is 2.33. The maximum atomic E-state index is 10.7. The van der Waals surface area contributed by atoms with Gasteiger partial charge in [-0.25, -0.2) is 4.79 Å². The van der Waals surface area contributed by atoms with Gasteiger partial charge in [-0.05, 0) is 35.6 Å². The molecule has 16 heavy (non-hydrogen) atoms. The van der Waals surface area contributed by atoms with Crippen LogP contribution in [0.1, 0.15) is 42.6 Å². The van der Waals surface area contributed by atoms with E-state index in [1.165, 1.54) is 12.1 Å². The van der Waals surface area contributed by atoms with Crippen LogP contribution in [0.5, 0.6) is 5.75 Å². The fourth-order valence-electron chi connectivity index (χ4n) is 1.89. The summed E-state index contributed by atoms with van der Waals surface area (Å²) in [7, 11) is 0. The van der Waals surface area contributed by atoms with E-state index in [0.717, 1.165) is 0 Å². The Morgan fingerprint density at radius 2 is 1.88 bits per heavy atom. The summed E-state index contributed by atoms with van der Waals surface area (Å²) in [5.41, 5.74) is 1.64. The minimum Gasteiger partial charge on any atom is -0.508 e. The first-order chi connectivity index (χ1) is 7.36. The fourth-order valence-corrected chi connectivity index (χ4v) is 1.89. The summed E-state index contributed by atoms with van der Waals surface area (Å²) in [5, 5.41) is 27.9. The van der Waals surface area contributed by atoms with Crippen molar-refractivity contribution >= 4 is 5.97 Å². The summed E-state index contributed by atoms with van der Waals surface area (Å²) in [4.78, 5) is 10.7. The van der Waals surface area contributed by atoms with Gasteiger partial charge in [0.25, 0.3) is 0 Å². The van der Waals surface area contributed by atoms with Crippen LogP contribution in [-0.2, 0) is 4.79 Å². The molecule has 3 N–H and O–H groups in total. The van der Waals surface area contributed by atoms with Crippen molar-refractivity contribution in [1.29, 1.82) is 0 Å². The molecule has 0 amide bonds. The van der Waals surface area contributed by atoms with Gasteiger partial charge in [-0.2, -0.15) is 0 Å². The Bertz CT molecular complexity index is 410. The molecule has 1 aromatic rings. The van der Waals surface area contributed by atoms with E-state index in [9.17, 15) is 15.0 Å². The number of hydrogen-bond donors (Lipinski definition) is 3. The monoisotopic (exact) mass is 224 g/mol. The average Bonchev–Trinajstić information content (AvgIpc) is 2.16. The molecule has 1 rings (SSSR count). The smallest absolute Gasteiger partial charge is 0.337 e. The Morgan fingerprint density at radius 1 is 1.31 bits per heavy atom. The number of aliphatic hydroxyl groups excluding tert-OH is 1. The van der Waals surface area contributed by atoms with E-state index in [1.54, 1.807) is 6.92 Å². The number of aliphatic carboxylic acids is 1. The van der Waals surface area contributed by atoms with Crippen molar-refractivity contribution in [3.8, 4) is 5.75 Å². The average molecular weight is 224 g/mol. The normalized spacial score (nSPS) is 12.8. The van der Waals surface area contributed by atoms with E-state index in [1.807, 2.05) is 13.8 Å². The van der Waals surface area contributed by atoms with E-state index in [2.05, 4.69) is 0 Å². The SMILES string of the molecule is Cc1c([C@@H](O)C(=O)O)ccc(O)c1C(C)C. The van der Waals surface area contributed by atoms with Crippen molar-refractivity contribution < 1.29 is 20.1 Å². The molecule has 0 bridgehead atoms. The van der Waals surface area contributed by atoms with E-state index in [0.29, 0.717) is 16.7 Å². The molecule has 0 heterocycles. The number of benzene rings is 1. The molecule has 88 valence electrons. The van der Waals surface area contributed by atoms with Crippen LogP contribution in [-0.4, -0.2) is 21.3 Å². The number of aromatic hydroxyl groups is 1. The number of carbonyl (C=O) groups is 1. The molecule has 0 spiro atoms. The lowest BCUT2D eigenvalue weighted by atomic mass is 9.91. The highest BCUT2D eigenvalue weighted by molar-refractivity contribution is 5.75. The van der Waals surface area contributed by atoms with Crippen LogP contribution in [0.3, 0.4) is 0 Å². The largest absolute Gasteiger partial charge is 0.508 e. The van der Waals surface area contributed by atoms with Crippen LogP contribution in [0, 0.1) is 6.92 Å². The Kier molecular flexibility index (Phi) is 3.55. The Hall–Kier alpha value is -1.55. The highest BCUT2D eigenvalue weighted by Gasteiger charge is 2.21. The Balaban J connectivity index is 3.34. The third kappa shape index (κ3) is 2.17. The molecule has 4 heteroatoms. The Labute approximate surface area is 94.2 Å². The molecule has 0 radical (unpaired) electrons. The summed E-state index contributed by atoms with van der Waals surface area (Å²) < 4.78 is 0. The second kappa shape index (κ2) is 4.53. The maximum Gasteiger partial charge on any atom is 0.337 e. The number of hydrogen-bond acceptors (Lipinski definition) is 3. The number of rotatable bonds is 3. The zero-order chi connectivity index (χ0) is 12.5. The van der Waals surface area contributed by atoms with E-state index < -0.39 is 12.1 Å². The minimum atomic E-state index is -1.54. The van der Waals surface area contributed by atoms with Crippen LogP contribution in [0.25, 0.3) is 0 Å². The first-order valence-corrected chi connectivity index (χ1v) is 5.09. The maximum absolute atomic E-state index is 10.7. The summed E-state index contributed by atoms with van der Waals surface area (Å²) in [6.07, 6.45) is -1.54. The van der Waals surface area contributed by atoms with Gasteiger partial charge >= 0.3 is 5.97 Å². The molecular formula is C12H16O4. The molecule has 0 aliphatic rings. The summed E-state index contributed by atoms with van der Waals surface area (Å²) in [5.74, 6) is -1.08. The van der Waals surface area contributed by atoms with Crippen molar-refractivity contribution in [3.63, 3.8) is 0 Å². The molecule has 1 aromatic carbocycles. The lowest BCUT2D eigenvalue weighted by molar-refractivity contribution is -0.147. The van der Waals surface area contributed by atoms with Gasteiger partial charge < -0.3 is 15.3 Å². The second-order valence-electron chi connectivity index (χ2n) is 4.11. The van der Waals surface area contributed by atoms with Crippen LogP contribution in [0.2, 0.25) is 0 Å². The second-order valence-corrected chi connectivity index (χ2v) is 4.11. The number of carboxylic acids is 1. The van der Waals surface area contributed by atoms with E-state index >= 15 is 0 Å². The molecule has 4 nitrogen and oxygen atoms in total. The Morgan fingerprint density at radius 3 is 2.31 bits per heavy atom. The quantitative estimate of drug-likeness (QED) is 0.733. The van der Waals surface area contributed by atoms with Gasteiger partial charge in [0.2, 0.25) is 0 Å². The highest BCUT2D eigenvalue weighted by atomic mass is 16.4. The molecule has 0 saturated heterocycles. The first kappa shape index (κ1) is 12.5. The summed E-state index contributed by atoms with van der Waals surface area (Å²) in [6, 6.07) is 2.86. The fraction of sp³-hybridized carbons (Fsp3) is 0.417. The summed E-state index contributed by atoms with van der Waals surface area (Å²) in [6.45, 7) is 5.51. The van der Waals surface area contributed by atoms with Crippen LogP contribution < -0.4 is 0 Å². The van der Waals surface area contributed by atoms with Gasteiger partial charge in [0.1, 0.15) is 5.75 Å². The first-order valence-electron chi connectivity index (χ1n) is 5.09. The van der Waals surface area contributed by atoms with Gasteiger partial charge in [-0.3, -0.25) is 0 Å². The molecule has 0 unspecified atom stereocenters. The van der Waals surface area contributed by atoms with Gasteiger partial charge in [-0.15, -0.1) is 0 Å².